The van der Waals surface area contributed by atoms with Gasteiger partial charge in [-0.25, -0.2) is 14.1 Å². The topological polar surface area (TPSA) is 55.6 Å². The first-order valence-corrected chi connectivity index (χ1v) is 6.56. The van der Waals surface area contributed by atoms with Crippen LogP contribution < -0.4 is 5.32 Å². The number of anilines is 1. The van der Waals surface area contributed by atoms with Crippen molar-refractivity contribution in [3.63, 3.8) is 0 Å². The molecule has 21 heavy (non-hydrogen) atoms. The lowest BCUT2D eigenvalue weighted by Crippen LogP contribution is -2.11. The van der Waals surface area contributed by atoms with Gasteiger partial charge in [-0.3, -0.25) is 4.98 Å². The second-order valence-electron chi connectivity index (χ2n) is 4.63. The molecule has 3 rings (SSSR count). The fourth-order valence-corrected chi connectivity index (χ4v) is 2.07. The van der Waals surface area contributed by atoms with Crippen LogP contribution in [-0.4, -0.2) is 19.7 Å². The van der Waals surface area contributed by atoms with Gasteiger partial charge < -0.3 is 5.32 Å². The Kier molecular flexibility index (Phi) is 3.59. The van der Waals surface area contributed by atoms with Crippen LogP contribution >= 0.6 is 0 Å². The van der Waals surface area contributed by atoms with Crippen LogP contribution in [0, 0.1) is 5.82 Å². The molecule has 1 N–H and O–H groups in total. The van der Waals surface area contributed by atoms with Crippen LogP contribution in [0.3, 0.4) is 0 Å². The molecule has 1 unspecified atom stereocenters. The molecule has 3 heterocycles. The third kappa shape index (κ3) is 2.89. The second kappa shape index (κ2) is 5.70. The van der Waals surface area contributed by atoms with E-state index in [0.29, 0.717) is 5.82 Å². The molecule has 1 atom stereocenters. The SMILES string of the molecule is CC(Nc1cccnc1-n1cccn1)c1cncc(F)c1. The summed E-state index contributed by atoms with van der Waals surface area (Å²) in [6, 6.07) is 6.94. The summed E-state index contributed by atoms with van der Waals surface area (Å²) in [5.41, 5.74) is 1.59. The minimum Gasteiger partial charge on any atom is -0.375 e. The van der Waals surface area contributed by atoms with E-state index in [1.165, 1.54) is 12.3 Å². The average molecular weight is 283 g/mol. The maximum Gasteiger partial charge on any atom is 0.176 e. The quantitative estimate of drug-likeness (QED) is 0.799. The fraction of sp³-hybridized carbons (Fsp3) is 0.133. The maximum absolute atomic E-state index is 13.3. The Bertz CT molecular complexity index is 726. The summed E-state index contributed by atoms with van der Waals surface area (Å²) in [5, 5.41) is 7.50. The first-order valence-electron chi connectivity index (χ1n) is 6.56. The summed E-state index contributed by atoms with van der Waals surface area (Å²) in [7, 11) is 0. The van der Waals surface area contributed by atoms with Crippen molar-refractivity contribution >= 4 is 5.69 Å². The summed E-state index contributed by atoms with van der Waals surface area (Å²) in [5.74, 6) is 0.346. The van der Waals surface area contributed by atoms with Gasteiger partial charge in [0, 0.05) is 24.8 Å². The summed E-state index contributed by atoms with van der Waals surface area (Å²) in [6.45, 7) is 1.94. The van der Waals surface area contributed by atoms with E-state index in [0.717, 1.165) is 11.3 Å². The molecule has 3 aromatic rings. The molecular formula is C15H14FN5. The largest absolute Gasteiger partial charge is 0.375 e. The number of rotatable bonds is 4. The molecule has 106 valence electrons. The summed E-state index contributed by atoms with van der Waals surface area (Å²) in [4.78, 5) is 8.20. The monoisotopic (exact) mass is 283 g/mol. The molecular weight excluding hydrogens is 269 g/mol. The first-order chi connectivity index (χ1) is 10.2. The molecule has 0 saturated heterocycles. The van der Waals surface area contributed by atoms with Gasteiger partial charge in [0.2, 0.25) is 0 Å². The lowest BCUT2D eigenvalue weighted by Gasteiger charge is -2.17. The van der Waals surface area contributed by atoms with Gasteiger partial charge in [0.25, 0.3) is 0 Å². The molecule has 0 bridgehead atoms. The zero-order chi connectivity index (χ0) is 14.7. The number of hydrogen-bond acceptors (Lipinski definition) is 4. The molecule has 0 fully saturated rings. The molecule has 0 spiro atoms. The Morgan fingerprint density at radius 2 is 2.14 bits per heavy atom. The number of nitrogens with one attached hydrogen (secondary N) is 1. The number of halogens is 1. The van der Waals surface area contributed by atoms with Gasteiger partial charge in [0.05, 0.1) is 17.9 Å². The minimum atomic E-state index is -0.348. The van der Waals surface area contributed by atoms with Crippen molar-refractivity contribution in [3.05, 3.63) is 66.6 Å². The molecule has 0 aliphatic carbocycles. The van der Waals surface area contributed by atoms with Crippen molar-refractivity contribution in [2.75, 3.05) is 5.32 Å². The molecule has 0 aliphatic heterocycles. The lowest BCUT2D eigenvalue weighted by molar-refractivity contribution is 0.616. The maximum atomic E-state index is 13.3. The van der Waals surface area contributed by atoms with E-state index in [-0.39, 0.29) is 11.9 Å². The fourth-order valence-electron chi connectivity index (χ4n) is 2.07. The van der Waals surface area contributed by atoms with Crippen LogP contribution in [0.15, 0.2) is 55.2 Å². The summed E-state index contributed by atoms with van der Waals surface area (Å²) >= 11 is 0. The predicted molar refractivity (Wildman–Crippen MR) is 77.6 cm³/mol. The van der Waals surface area contributed by atoms with Crippen molar-refractivity contribution in [2.24, 2.45) is 0 Å². The van der Waals surface area contributed by atoms with E-state index in [1.807, 2.05) is 31.3 Å². The van der Waals surface area contributed by atoms with Crippen LogP contribution in [0.1, 0.15) is 18.5 Å². The van der Waals surface area contributed by atoms with Crippen molar-refractivity contribution in [2.45, 2.75) is 13.0 Å². The summed E-state index contributed by atoms with van der Waals surface area (Å²) in [6.07, 6.45) is 8.05. The van der Waals surface area contributed by atoms with Gasteiger partial charge in [-0.05, 0) is 36.8 Å². The third-order valence-corrected chi connectivity index (χ3v) is 3.11. The Morgan fingerprint density at radius 1 is 1.24 bits per heavy atom. The van der Waals surface area contributed by atoms with Gasteiger partial charge in [0.1, 0.15) is 5.82 Å². The van der Waals surface area contributed by atoms with Crippen molar-refractivity contribution < 1.29 is 4.39 Å². The molecule has 0 radical (unpaired) electrons. The second-order valence-corrected chi connectivity index (χ2v) is 4.63. The van der Waals surface area contributed by atoms with E-state index in [1.54, 1.807) is 23.3 Å². The minimum absolute atomic E-state index is 0.105. The van der Waals surface area contributed by atoms with Gasteiger partial charge in [0.15, 0.2) is 5.82 Å². The Hall–Kier alpha value is -2.76. The number of pyridine rings is 2. The third-order valence-electron chi connectivity index (χ3n) is 3.11. The Labute approximate surface area is 121 Å². The highest BCUT2D eigenvalue weighted by molar-refractivity contribution is 5.57. The van der Waals surface area contributed by atoms with Gasteiger partial charge in [-0.15, -0.1) is 0 Å². The number of nitrogens with zero attached hydrogens (tertiary/aromatic N) is 4. The molecule has 0 saturated carbocycles. The van der Waals surface area contributed by atoms with Crippen LogP contribution in [0.4, 0.5) is 10.1 Å². The molecule has 6 heteroatoms. The molecule has 5 nitrogen and oxygen atoms in total. The van der Waals surface area contributed by atoms with E-state index in [2.05, 4.69) is 20.4 Å². The highest BCUT2D eigenvalue weighted by Gasteiger charge is 2.11. The summed E-state index contributed by atoms with van der Waals surface area (Å²) < 4.78 is 14.9. The molecule has 0 aliphatic rings. The van der Waals surface area contributed by atoms with Crippen LogP contribution in [0.25, 0.3) is 5.82 Å². The van der Waals surface area contributed by atoms with Crippen LogP contribution in [0.5, 0.6) is 0 Å². The van der Waals surface area contributed by atoms with Gasteiger partial charge in [-0.2, -0.15) is 5.10 Å². The molecule has 3 aromatic heterocycles. The van der Waals surface area contributed by atoms with Crippen LogP contribution in [-0.2, 0) is 0 Å². The number of hydrogen-bond donors (Lipinski definition) is 1. The highest BCUT2D eigenvalue weighted by Crippen LogP contribution is 2.23. The number of aromatic nitrogens is 4. The normalized spacial score (nSPS) is 12.1. The zero-order valence-corrected chi connectivity index (χ0v) is 11.4. The predicted octanol–water partition coefficient (Wildman–Crippen LogP) is 2.97. The Balaban J connectivity index is 1.88. The van der Waals surface area contributed by atoms with Crippen molar-refractivity contribution in [3.8, 4) is 5.82 Å². The van der Waals surface area contributed by atoms with E-state index < -0.39 is 0 Å². The van der Waals surface area contributed by atoms with Crippen LogP contribution in [0.2, 0.25) is 0 Å². The standard InChI is InChI=1S/C15H14FN5/c1-11(12-8-13(16)10-17-9-12)20-14-4-2-5-18-15(14)21-7-3-6-19-21/h2-11,20H,1H3. The zero-order valence-electron chi connectivity index (χ0n) is 11.4. The Morgan fingerprint density at radius 3 is 2.90 bits per heavy atom. The van der Waals surface area contributed by atoms with Crippen molar-refractivity contribution in [1.29, 1.82) is 0 Å². The lowest BCUT2D eigenvalue weighted by atomic mass is 10.1. The average Bonchev–Trinajstić information content (AvgIpc) is 3.02. The van der Waals surface area contributed by atoms with E-state index in [9.17, 15) is 4.39 Å². The van der Waals surface area contributed by atoms with E-state index >= 15 is 0 Å². The first kappa shape index (κ1) is 13.2. The van der Waals surface area contributed by atoms with E-state index in [4.69, 9.17) is 0 Å². The smallest absolute Gasteiger partial charge is 0.176 e. The highest BCUT2D eigenvalue weighted by atomic mass is 19.1. The molecule has 0 aromatic carbocycles. The molecule has 0 amide bonds. The van der Waals surface area contributed by atoms with Gasteiger partial charge >= 0.3 is 0 Å². The van der Waals surface area contributed by atoms with Crippen molar-refractivity contribution in [1.82, 2.24) is 19.7 Å². The van der Waals surface area contributed by atoms with Gasteiger partial charge in [-0.1, -0.05) is 0 Å².